The second-order valence-corrected chi connectivity index (χ2v) is 9.44. The van der Waals surface area contributed by atoms with Gasteiger partial charge in [-0.15, -0.1) is 20.4 Å². The Kier molecular flexibility index (Phi) is 5.40. The topological polar surface area (TPSA) is 67.9 Å². The Hall–Kier alpha value is -1.80. The van der Waals surface area contributed by atoms with E-state index in [1.54, 1.807) is 0 Å². The summed E-state index contributed by atoms with van der Waals surface area (Å²) in [5.74, 6) is 3.22. The summed E-state index contributed by atoms with van der Waals surface area (Å²) in [6.07, 6.45) is 1.81. The van der Waals surface area contributed by atoms with Crippen molar-refractivity contribution in [1.29, 1.82) is 0 Å². The number of aromatic nitrogens is 6. The molecule has 0 spiro atoms. The van der Waals surface area contributed by atoms with Gasteiger partial charge in [0.25, 0.3) is 0 Å². The summed E-state index contributed by atoms with van der Waals surface area (Å²) < 4.78 is 4.34. The number of nitrogens with zero attached hydrogens (tertiary/aromatic N) is 8. The van der Waals surface area contributed by atoms with Gasteiger partial charge in [-0.1, -0.05) is 0 Å². The van der Waals surface area contributed by atoms with E-state index >= 15 is 0 Å². The first kappa shape index (κ1) is 19.9. The minimum atomic E-state index is 0.227. The van der Waals surface area contributed by atoms with Crippen LogP contribution in [0.4, 0.5) is 0 Å². The van der Waals surface area contributed by atoms with E-state index in [4.69, 9.17) is 0 Å². The summed E-state index contributed by atoms with van der Waals surface area (Å²) in [6, 6.07) is 0. The van der Waals surface area contributed by atoms with Gasteiger partial charge in [0.2, 0.25) is 0 Å². The highest BCUT2D eigenvalue weighted by molar-refractivity contribution is 4.99. The summed E-state index contributed by atoms with van der Waals surface area (Å²) in [7, 11) is 0. The van der Waals surface area contributed by atoms with Gasteiger partial charge in [-0.25, -0.2) is 0 Å². The van der Waals surface area contributed by atoms with Crippen molar-refractivity contribution in [3.8, 4) is 0 Å². The van der Waals surface area contributed by atoms with Crippen LogP contribution in [0.15, 0.2) is 6.33 Å². The standard InChI is InChI=1S/C10H18N4.C9H16N4/c1-8-11-12-9-7-13(10(2,3)4)5-6-14(8)9;1-9(2,3)13-5-4-12-7-10-11-8(12)6-13/h5-7H2,1-4H3;7H,4-6H2,1-3H3. The Morgan fingerprint density at radius 3 is 1.96 bits per heavy atom. The number of rotatable bonds is 0. The second kappa shape index (κ2) is 7.31. The van der Waals surface area contributed by atoms with Crippen molar-refractivity contribution in [3.05, 3.63) is 23.8 Å². The minimum Gasteiger partial charge on any atom is -0.315 e. The maximum absolute atomic E-state index is 4.19. The monoisotopic (exact) mass is 374 g/mol. The third kappa shape index (κ3) is 4.55. The van der Waals surface area contributed by atoms with Crippen molar-refractivity contribution >= 4 is 0 Å². The van der Waals surface area contributed by atoms with Gasteiger partial charge in [-0.05, 0) is 48.5 Å². The SMILES string of the molecule is CC(C)(C)N1CCn2cnnc2C1.Cc1nnc2n1CCN(C(C)(C)C)C2. The summed E-state index contributed by atoms with van der Waals surface area (Å²) in [5.41, 5.74) is 0.461. The maximum Gasteiger partial charge on any atom is 0.147 e. The molecule has 0 N–H and O–H groups in total. The van der Waals surface area contributed by atoms with Crippen LogP contribution in [0.3, 0.4) is 0 Å². The lowest BCUT2D eigenvalue weighted by atomic mass is 10.1. The fourth-order valence-corrected chi connectivity index (χ4v) is 3.51. The smallest absolute Gasteiger partial charge is 0.147 e. The molecule has 0 amide bonds. The first-order valence-corrected chi connectivity index (χ1v) is 9.81. The lowest BCUT2D eigenvalue weighted by molar-refractivity contribution is 0.0997. The molecule has 2 aliphatic heterocycles. The number of hydrogen-bond donors (Lipinski definition) is 0. The van der Waals surface area contributed by atoms with Gasteiger partial charge in [0.15, 0.2) is 0 Å². The molecule has 4 heterocycles. The molecule has 2 aliphatic rings. The molecule has 0 radical (unpaired) electrons. The van der Waals surface area contributed by atoms with Gasteiger partial charge < -0.3 is 9.13 Å². The van der Waals surface area contributed by atoms with E-state index in [0.717, 1.165) is 56.7 Å². The molecule has 8 heteroatoms. The third-order valence-corrected chi connectivity index (χ3v) is 5.47. The summed E-state index contributed by atoms with van der Waals surface area (Å²) in [6.45, 7) is 21.5. The Morgan fingerprint density at radius 1 is 0.741 bits per heavy atom. The number of fused-ring (bicyclic) bond motifs is 2. The molecule has 0 fully saturated rings. The van der Waals surface area contributed by atoms with Crippen LogP contribution in [0, 0.1) is 6.92 Å². The number of aryl methyl sites for hydroxylation is 1. The van der Waals surface area contributed by atoms with Crippen molar-refractivity contribution < 1.29 is 0 Å². The van der Waals surface area contributed by atoms with Crippen molar-refractivity contribution in [2.45, 2.75) is 85.7 Å². The molecule has 4 rings (SSSR count). The largest absolute Gasteiger partial charge is 0.315 e. The second-order valence-electron chi connectivity index (χ2n) is 9.44. The molecule has 0 aliphatic carbocycles. The fourth-order valence-electron chi connectivity index (χ4n) is 3.51. The van der Waals surface area contributed by atoms with E-state index in [0.29, 0.717) is 0 Å². The van der Waals surface area contributed by atoms with Gasteiger partial charge in [-0.3, -0.25) is 9.80 Å². The average molecular weight is 375 g/mol. The predicted molar refractivity (Wildman–Crippen MR) is 105 cm³/mol. The lowest BCUT2D eigenvalue weighted by Crippen LogP contribution is -2.46. The summed E-state index contributed by atoms with van der Waals surface area (Å²) in [5, 5.41) is 16.3. The Bertz CT molecular complexity index is 762. The van der Waals surface area contributed by atoms with Gasteiger partial charge in [-0.2, -0.15) is 0 Å². The Balaban J connectivity index is 0.000000156. The highest BCUT2D eigenvalue weighted by Gasteiger charge is 2.27. The molecular weight excluding hydrogens is 340 g/mol. The van der Waals surface area contributed by atoms with Gasteiger partial charge >= 0.3 is 0 Å². The molecular formula is C19H34N8. The zero-order valence-electron chi connectivity index (χ0n) is 17.9. The highest BCUT2D eigenvalue weighted by Crippen LogP contribution is 2.21. The third-order valence-electron chi connectivity index (χ3n) is 5.47. The van der Waals surface area contributed by atoms with E-state index in [1.807, 2.05) is 13.3 Å². The van der Waals surface area contributed by atoms with Crippen LogP contribution < -0.4 is 0 Å². The predicted octanol–water partition coefficient (Wildman–Crippen LogP) is 2.09. The minimum absolute atomic E-state index is 0.227. The van der Waals surface area contributed by atoms with Crippen molar-refractivity contribution in [3.63, 3.8) is 0 Å². The normalized spacial score (nSPS) is 18.5. The molecule has 0 unspecified atom stereocenters. The molecule has 27 heavy (non-hydrogen) atoms. The van der Waals surface area contributed by atoms with Crippen molar-refractivity contribution in [1.82, 2.24) is 39.3 Å². The van der Waals surface area contributed by atoms with Crippen LogP contribution >= 0.6 is 0 Å². The van der Waals surface area contributed by atoms with Crippen LogP contribution in [-0.2, 0) is 26.2 Å². The van der Waals surface area contributed by atoms with E-state index in [9.17, 15) is 0 Å². The van der Waals surface area contributed by atoms with Crippen LogP contribution in [0.2, 0.25) is 0 Å². The summed E-state index contributed by atoms with van der Waals surface area (Å²) >= 11 is 0. The first-order valence-electron chi connectivity index (χ1n) is 9.81. The zero-order valence-corrected chi connectivity index (χ0v) is 17.9. The van der Waals surface area contributed by atoms with Crippen LogP contribution in [0.1, 0.15) is 59.0 Å². The lowest BCUT2D eigenvalue weighted by Gasteiger charge is -2.38. The number of hydrogen-bond acceptors (Lipinski definition) is 6. The Labute approximate surface area is 162 Å². The fraction of sp³-hybridized carbons (Fsp3) is 0.789. The molecule has 2 aromatic heterocycles. The van der Waals surface area contributed by atoms with Crippen molar-refractivity contribution in [2.75, 3.05) is 13.1 Å². The molecule has 8 nitrogen and oxygen atoms in total. The van der Waals surface area contributed by atoms with Crippen LogP contribution in [0.5, 0.6) is 0 Å². The van der Waals surface area contributed by atoms with Crippen molar-refractivity contribution in [2.24, 2.45) is 0 Å². The van der Waals surface area contributed by atoms with E-state index in [2.05, 4.69) is 80.9 Å². The molecule has 2 aromatic rings. The van der Waals surface area contributed by atoms with E-state index in [1.165, 1.54) is 0 Å². The molecule has 0 saturated carbocycles. The zero-order chi connectivity index (χ0) is 19.8. The van der Waals surface area contributed by atoms with E-state index < -0.39 is 0 Å². The van der Waals surface area contributed by atoms with E-state index in [-0.39, 0.29) is 11.1 Å². The van der Waals surface area contributed by atoms with Gasteiger partial charge in [0.1, 0.15) is 23.8 Å². The molecule has 0 atom stereocenters. The quantitative estimate of drug-likeness (QED) is 0.703. The molecule has 0 saturated heterocycles. The average Bonchev–Trinajstić information content (AvgIpc) is 3.19. The molecule has 0 aromatic carbocycles. The van der Waals surface area contributed by atoms with Gasteiger partial charge in [0, 0.05) is 37.3 Å². The molecule has 150 valence electrons. The van der Waals surface area contributed by atoms with Crippen LogP contribution in [0.25, 0.3) is 0 Å². The Morgan fingerprint density at radius 2 is 1.33 bits per heavy atom. The van der Waals surface area contributed by atoms with Gasteiger partial charge in [0.05, 0.1) is 13.1 Å². The van der Waals surface area contributed by atoms with Crippen LogP contribution in [-0.4, -0.2) is 63.5 Å². The summed E-state index contributed by atoms with van der Waals surface area (Å²) in [4.78, 5) is 4.87. The molecule has 0 bridgehead atoms. The first-order chi connectivity index (χ1) is 12.6. The highest BCUT2D eigenvalue weighted by atomic mass is 15.4. The maximum atomic E-state index is 4.19.